The maximum Gasteiger partial charge on any atom is 0.0905 e. The molecular formula is C16H19N. The van der Waals surface area contributed by atoms with Crippen LogP contribution in [0.5, 0.6) is 0 Å². The number of benzene rings is 1. The topological polar surface area (TPSA) is 23.8 Å². The monoisotopic (exact) mass is 225 g/mol. The molecular weight excluding hydrogens is 206 g/mol. The van der Waals surface area contributed by atoms with E-state index in [9.17, 15) is 0 Å². The summed E-state index contributed by atoms with van der Waals surface area (Å²) in [5.41, 5.74) is 2.27. The van der Waals surface area contributed by atoms with Gasteiger partial charge in [0.2, 0.25) is 0 Å². The van der Waals surface area contributed by atoms with Crippen molar-refractivity contribution in [1.82, 2.24) is 0 Å². The Hall–Kier alpha value is -2.33. The summed E-state index contributed by atoms with van der Waals surface area (Å²) in [7, 11) is 0. The van der Waals surface area contributed by atoms with Crippen molar-refractivity contribution < 1.29 is 0 Å². The molecule has 0 aliphatic rings. The molecule has 0 N–H and O–H groups in total. The smallest absolute Gasteiger partial charge is 0.0905 e. The summed E-state index contributed by atoms with van der Waals surface area (Å²) in [6.45, 7) is 15.8. The average Bonchev–Trinajstić information content (AvgIpc) is 2.39. The van der Waals surface area contributed by atoms with Crippen molar-refractivity contribution in [2.24, 2.45) is 0 Å². The Kier molecular flexibility index (Phi) is 13.7. The van der Waals surface area contributed by atoms with Gasteiger partial charge in [-0.05, 0) is 18.1 Å². The van der Waals surface area contributed by atoms with Gasteiger partial charge in [0.1, 0.15) is 0 Å². The maximum absolute atomic E-state index is 7.51. The zero-order chi connectivity index (χ0) is 13.5. The zero-order valence-electron chi connectivity index (χ0n) is 10.4. The van der Waals surface area contributed by atoms with Crippen LogP contribution >= 0.6 is 0 Å². The number of nitrogens with zero attached hydrogens (tertiary/aromatic N) is 1. The Morgan fingerprint density at radius 2 is 1.29 bits per heavy atom. The summed E-state index contributed by atoms with van der Waals surface area (Å²) < 4.78 is 0. The van der Waals surface area contributed by atoms with Crippen molar-refractivity contribution >= 4 is 12.2 Å². The summed E-state index contributed by atoms with van der Waals surface area (Å²) in [6, 6.07) is 9.71. The molecule has 0 heterocycles. The van der Waals surface area contributed by atoms with Gasteiger partial charge in [-0.3, -0.25) is 0 Å². The molecule has 0 fully saturated rings. The Morgan fingerprint density at radius 1 is 1.00 bits per heavy atom. The Labute approximate surface area is 105 Å². The van der Waals surface area contributed by atoms with Gasteiger partial charge in [-0.1, -0.05) is 62.2 Å². The van der Waals surface area contributed by atoms with Crippen molar-refractivity contribution in [3.8, 4) is 6.07 Å². The van der Waals surface area contributed by atoms with Crippen LogP contribution in [0.25, 0.3) is 12.2 Å². The first-order valence-electron chi connectivity index (χ1n) is 5.13. The molecule has 0 aliphatic carbocycles. The summed E-state index contributed by atoms with van der Waals surface area (Å²) in [5, 5.41) is 7.51. The van der Waals surface area contributed by atoms with Gasteiger partial charge in [-0.2, -0.15) is 5.26 Å². The fourth-order valence-electron chi connectivity index (χ4n) is 0.883. The number of allylic oxidation sites excluding steroid dienone is 2. The second-order valence-corrected chi connectivity index (χ2v) is 2.78. The highest BCUT2D eigenvalue weighted by molar-refractivity contribution is 5.63. The van der Waals surface area contributed by atoms with Gasteiger partial charge < -0.3 is 0 Å². The highest BCUT2D eigenvalue weighted by Gasteiger charge is 1.89. The minimum Gasteiger partial charge on any atom is -0.193 e. The first-order chi connectivity index (χ1) is 8.21. The maximum atomic E-state index is 7.51. The lowest BCUT2D eigenvalue weighted by molar-refractivity contribution is 1.54. The lowest BCUT2D eigenvalue weighted by Gasteiger charge is -1.96. The lowest BCUT2D eigenvalue weighted by atomic mass is 10.1. The fourth-order valence-corrected chi connectivity index (χ4v) is 0.883. The van der Waals surface area contributed by atoms with Crippen LogP contribution in [0.4, 0.5) is 0 Å². The standard InChI is InChI=1S/C10H10.C3H3N.C3H6/c1-3-9-7-5-6-8-10(9)4-2;1-2-3-4;1-3-2/h3-8H,1-2H2;2H,1H2;3H,1H2,2H3. The summed E-state index contributed by atoms with van der Waals surface area (Å²) >= 11 is 0. The zero-order valence-corrected chi connectivity index (χ0v) is 10.4. The van der Waals surface area contributed by atoms with Gasteiger partial charge in [0, 0.05) is 6.08 Å². The molecule has 0 unspecified atom stereocenters. The molecule has 1 heteroatoms. The van der Waals surface area contributed by atoms with E-state index >= 15 is 0 Å². The highest BCUT2D eigenvalue weighted by Crippen LogP contribution is 2.10. The molecule has 1 aromatic rings. The summed E-state index contributed by atoms with van der Waals surface area (Å²) in [5.74, 6) is 0. The highest BCUT2D eigenvalue weighted by atomic mass is 14.2. The fraction of sp³-hybridized carbons (Fsp3) is 0.0625. The van der Waals surface area contributed by atoms with Gasteiger partial charge in [0.25, 0.3) is 0 Å². The van der Waals surface area contributed by atoms with Crippen molar-refractivity contribution in [1.29, 1.82) is 5.26 Å². The van der Waals surface area contributed by atoms with Crippen LogP contribution in [0.2, 0.25) is 0 Å². The van der Waals surface area contributed by atoms with Crippen LogP contribution in [0.3, 0.4) is 0 Å². The number of hydrogen-bond donors (Lipinski definition) is 0. The lowest BCUT2D eigenvalue weighted by Crippen LogP contribution is -1.76. The van der Waals surface area contributed by atoms with Gasteiger partial charge in [0.15, 0.2) is 0 Å². The molecule has 0 aromatic heterocycles. The Bertz CT molecular complexity index is 367. The van der Waals surface area contributed by atoms with Gasteiger partial charge in [0.05, 0.1) is 6.07 Å². The van der Waals surface area contributed by atoms with Crippen LogP contribution < -0.4 is 0 Å². The molecule has 0 amide bonds. The van der Waals surface area contributed by atoms with Gasteiger partial charge >= 0.3 is 0 Å². The molecule has 0 bridgehead atoms. The van der Waals surface area contributed by atoms with Crippen molar-refractivity contribution in [3.05, 3.63) is 73.9 Å². The van der Waals surface area contributed by atoms with E-state index in [0.29, 0.717) is 0 Å². The van der Waals surface area contributed by atoms with Crippen LogP contribution in [0, 0.1) is 11.3 Å². The first kappa shape index (κ1) is 17.1. The predicted molar refractivity (Wildman–Crippen MR) is 78.3 cm³/mol. The third kappa shape index (κ3) is 9.96. The first-order valence-corrected chi connectivity index (χ1v) is 5.13. The van der Waals surface area contributed by atoms with E-state index in [-0.39, 0.29) is 0 Å². The van der Waals surface area contributed by atoms with Gasteiger partial charge in [-0.15, -0.1) is 6.58 Å². The van der Waals surface area contributed by atoms with E-state index in [0.717, 1.165) is 11.1 Å². The molecule has 1 aromatic carbocycles. The Balaban J connectivity index is 0. The SMILES string of the molecule is C=CC.C=CC#N.C=Cc1ccccc1C=C. The summed E-state index contributed by atoms with van der Waals surface area (Å²) in [4.78, 5) is 0. The third-order valence-electron chi connectivity index (χ3n) is 1.53. The van der Waals surface area contributed by atoms with Crippen molar-refractivity contribution in [2.45, 2.75) is 6.92 Å². The number of nitriles is 1. The van der Waals surface area contributed by atoms with E-state index in [4.69, 9.17) is 5.26 Å². The second kappa shape index (κ2) is 13.7. The second-order valence-electron chi connectivity index (χ2n) is 2.78. The molecule has 0 saturated carbocycles. The molecule has 0 radical (unpaired) electrons. The van der Waals surface area contributed by atoms with Crippen LogP contribution in [0.1, 0.15) is 18.1 Å². The molecule has 17 heavy (non-hydrogen) atoms. The van der Waals surface area contributed by atoms with Crippen molar-refractivity contribution in [3.63, 3.8) is 0 Å². The van der Waals surface area contributed by atoms with Crippen LogP contribution in [0.15, 0.2) is 62.7 Å². The Morgan fingerprint density at radius 3 is 1.47 bits per heavy atom. The molecule has 0 spiro atoms. The molecule has 88 valence electrons. The minimum absolute atomic E-state index is 1.14. The average molecular weight is 225 g/mol. The van der Waals surface area contributed by atoms with Gasteiger partial charge in [-0.25, -0.2) is 0 Å². The molecule has 1 rings (SSSR count). The normalized spacial score (nSPS) is 6.82. The van der Waals surface area contributed by atoms with E-state index in [1.54, 1.807) is 12.1 Å². The molecule has 1 nitrogen and oxygen atoms in total. The van der Waals surface area contributed by atoms with Crippen LogP contribution in [-0.4, -0.2) is 0 Å². The quantitative estimate of drug-likeness (QED) is 0.521. The van der Waals surface area contributed by atoms with Crippen molar-refractivity contribution in [2.75, 3.05) is 0 Å². The number of hydrogen-bond acceptors (Lipinski definition) is 1. The number of rotatable bonds is 2. The largest absolute Gasteiger partial charge is 0.193 e. The molecule has 0 aliphatic heterocycles. The van der Waals surface area contributed by atoms with E-state index < -0.39 is 0 Å². The predicted octanol–water partition coefficient (Wildman–Crippen LogP) is 4.86. The minimum atomic E-state index is 1.14. The van der Waals surface area contributed by atoms with Crippen LogP contribution in [-0.2, 0) is 0 Å². The van der Waals surface area contributed by atoms with E-state index in [1.807, 2.05) is 43.3 Å². The molecule has 0 saturated heterocycles. The van der Waals surface area contributed by atoms with E-state index in [2.05, 4.69) is 26.3 Å². The third-order valence-corrected chi connectivity index (χ3v) is 1.53. The molecule has 0 atom stereocenters. The van der Waals surface area contributed by atoms with E-state index in [1.165, 1.54) is 6.08 Å². The summed E-state index contributed by atoms with van der Waals surface area (Å²) in [6.07, 6.45) is 6.59.